The second-order valence-corrected chi connectivity index (χ2v) is 4.95. The molecule has 0 aliphatic heterocycles. The zero-order valence-corrected chi connectivity index (χ0v) is 10.0. The highest BCUT2D eigenvalue weighted by Gasteiger charge is 2.15. The molecule has 1 N–H and O–H groups in total. The van der Waals surface area contributed by atoms with E-state index in [1.165, 1.54) is 0 Å². The summed E-state index contributed by atoms with van der Waals surface area (Å²) in [7, 11) is 0. The lowest BCUT2D eigenvalue weighted by atomic mass is 10.1. The normalized spacial score (nSPS) is 11.9. The lowest BCUT2D eigenvalue weighted by Gasteiger charge is -2.19. The molecule has 0 saturated carbocycles. The van der Waals surface area contributed by atoms with Crippen molar-refractivity contribution in [1.29, 1.82) is 0 Å². The van der Waals surface area contributed by atoms with Crippen molar-refractivity contribution in [2.24, 2.45) is 5.92 Å². The first-order valence-electron chi connectivity index (χ1n) is 5.24. The molecule has 0 amide bonds. The molecule has 0 aromatic heterocycles. The zero-order valence-electron chi connectivity index (χ0n) is 10.0. The Kier molecular flexibility index (Phi) is 5.77. The first-order valence-corrected chi connectivity index (χ1v) is 5.24. The summed E-state index contributed by atoms with van der Waals surface area (Å²) in [5, 5.41) is 3.06. The van der Waals surface area contributed by atoms with Crippen LogP contribution in [0.1, 0.15) is 41.0 Å². The number of rotatable bonds is 5. The highest BCUT2D eigenvalue weighted by molar-refractivity contribution is 5.72. The SMILES string of the molecule is CC(C)CCNCC(=O)OC(C)(C)C. The van der Waals surface area contributed by atoms with Crippen LogP contribution in [0, 0.1) is 5.92 Å². The van der Waals surface area contributed by atoms with Crippen molar-refractivity contribution >= 4 is 5.97 Å². The summed E-state index contributed by atoms with van der Waals surface area (Å²) in [6.07, 6.45) is 1.09. The third-order valence-corrected chi connectivity index (χ3v) is 1.59. The van der Waals surface area contributed by atoms with Gasteiger partial charge in [0.05, 0.1) is 6.54 Å². The van der Waals surface area contributed by atoms with Gasteiger partial charge in [-0.25, -0.2) is 0 Å². The van der Waals surface area contributed by atoms with E-state index in [1.807, 2.05) is 20.8 Å². The summed E-state index contributed by atoms with van der Waals surface area (Å²) in [5.74, 6) is 0.488. The van der Waals surface area contributed by atoms with E-state index in [1.54, 1.807) is 0 Å². The van der Waals surface area contributed by atoms with Crippen molar-refractivity contribution < 1.29 is 9.53 Å². The average Bonchev–Trinajstić information content (AvgIpc) is 1.94. The Hall–Kier alpha value is -0.570. The molecule has 0 aromatic rings. The Bertz CT molecular complexity index is 171. The number of carbonyl (C=O) groups excluding carboxylic acids is 1. The Labute approximate surface area is 87.2 Å². The van der Waals surface area contributed by atoms with E-state index in [4.69, 9.17) is 4.74 Å². The number of carbonyl (C=O) groups is 1. The molecule has 0 spiro atoms. The van der Waals surface area contributed by atoms with Crippen LogP contribution < -0.4 is 5.32 Å². The highest BCUT2D eigenvalue weighted by Crippen LogP contribution is 2.06. The molecule has 84 valence electrons. The second kappa shape index (κ2) is 6.02. The maximum atomic E-state index is 11.2. The fourth-order valence-corrected chi connectivity index (χ4v) is 0.959. The molecule has 0 radical (unpaired) electrons. The van der Waals surface area contributed by atoms with Crippen LogP contribution in [0.5, 0.6) is 0 Å². The van der Waals surface area contributed by atoms with Crippen molar-refractivity contribution in [1.82, 2.24) is 5.32 Å². The summed E-state index contributed by atoms with van der Waals surface area (Å²) < 4.78 is 5.14. The molecule has 0 rings (SSSR count). The van der Waals surface area contributed by atoms with E-state index in [9.17, 15) is 4.79 Å². The monoisotopic (exact) mass is 201 g/mol. The van der Waals surface area contributed by atoms with Gasteiger partial charge in [0.15, 0.2) is 0 Å². The number of nitrogens with one attached hydrogen (secondary N) is 1. The Morgan fingerprint density at radius 2 is 1.93 bits per heavy atom. The molecule has 3 heteroatoms. The third-order valence-electron chi connectivity index (χ3n) is 1.59. The minimum Gasteiger partial charge on any atom is -0.459 e. The lowest BCUT2D eigenvalue weighted by molar-refractivity contribution is -0.153. The van der Waals surface area contributed by atoms with Crippen LogP contribution in [0.15, 0.2) is 0 Å². The smallest absolute Gasteiger partial charge is 0.320 e. The summed E-state index contributed by atoms with van der Waals surface area (Å²) in [6.45, 7) is 11.1. The zero-order chi connectivity index (χ0) is 11.2. The second-order valence-electron chi connectivity index (χ2n) is 4.95. The molecule has 14 heavy (non-hydrogen) atoms. The average molecular weight is 201 g/mol. The molecule has 0 atom stereocenters. The van der Waals surface area contributed by atoms with Gasteiger partial charge in [0.2, 0.25) is 0 Å². The number of ether oxygens (including phenoxy) is 1. The van der Waals surface area contributed by atoms with Crippen molar-refractivity contribution in [2.75, 3.05) is 13.1 Å². The molecule has 0 fully saturated rings. The predicted molar refractivity (Wildman–Crippen MR) is 58.2 cm³/mol. The fourth-order valence-electron chi connectivity index (χ4n) is 0.959. The van der Waals surface area contributed by atoms with Crippen LogP contribution in [0.2, 0.25) is 0 Å². The molecule has 0 unspecified atom stereocenters. The van der Waals surface area contributed by atoms with Crippen LogP contribution >= 0.6 is 0 Å². The Morgan fingerprint density at radius 3 is 2.36 bits per heavy atom. The first-order chi connectivity index (χ1) is 6.31. The van der Waals surface area contributed by atoms with Gasteiger partial charge in [-0.1, -0.05) is 13.8 Å². The fraction of sp³-hybridized carbons (Fsp3) is 0.909. The number of hydrogen-bond donors (Lipinski definition) is 1. The van der Waals surface area contributed by atoms with E-state index >= 15 is 0 Å². The van der Waals surface area contributed by atoms with Crippen LogP contribution in [0.4, 0.5) is 0 Å². The largest absolute Gasteiger partial charge is 0.459 e. The van der Waals surface area contributed by atoms with E-state index in [2.05, 4.69) is 19.2 Å². The summed E-state index contributed by atoms with van der Waals surface area (Å²) in [4.78, 5) is 11.2. The number of hydrogen-bond acceptors (Lipinski definition) is 3. The van der Waals surface area contributed by atoms with E-state index < -0.39 is 0 Å². The molecule has 0 aliphatic carbocycles. The van der Waals surface area contributed by atoms with E-state index in [0.717, 1.165) is 13.0 Å². The minimum atomic E-state index is -0.378. The van der Waals surface area contributed by atoms with Gasteiger partial charge < -0.3 is 10.1 Å². The van der Waals surface area contributed by atoms with Gasteiger partial charge in [-0.2, -0.15) is 0 Å². The van der Waals surface area contributed by atoms with Gasteiger partial charge in [-0.15, -0.1) is 0 Å². The Morgan fingerprint density at radius 1 is 1.36 bits per heavy atom. The van der Waals surface area contributed by atoms with Crippen molar-refractivity contribution in [3.05, 3.63) is 0 Å². The maximum Gasteiger partial charge on any atom is 0.320 e. The van der Waals surface area contributed by atoms with Crippen LogP contribution in [-0.4, -0.2) is 24.7 Å². The molecule has 0 heterocycles. The van der Waals surface area contributed by atoms with Gasteiger partial charge in [0, 0.05) is 0 Å². The topological polar surface area (TPSA) is 38.3 Å². The molecular weight excluding hydrogens is 178 g/mol. The lowest BCUT2D eigenvalue weighted by Crippen LogP contribution is -2.32. The predicted octanol–water partition coefficient (Wildman–Crippen LogP) is 1.96. The van der Waals surface area contributed by atoms with Gasteiger partial charge in [-0.05, 0) is 39.7 Å². The van der Waals surface area contributed by atoms with E-state index in [-0.39, 0.29) is 11.6 Å². The van der Waals surface area contributed by atoms with Crippen molar-refractivity contribution in [2.45, 2.75) is 46.6 Å². The van der Waals surface area contributed by atoms with E-state index in [0.29, 0.717) is 12.5 Å². The molecule has 0 aliphatic rings. The molecular formula is C11H23NO2. The molecule has 0 bridgehead atoms. The minimum absolute atomic E-state index is 0.179. The third kappa shape index (κ3) is 9.52. The van der Waals surface area contributed by atoms with Crippen LogP contribution in [0.25, 0.3) is 0 Å². The molecule has 0 aromatic carbocycles. The molecule has 3 nitrogen and oxygen atoms in total. The summed E-state index contributed by atoms with van der Waals surface area (Å²) in [6, 6.07) is 0. The van der Waals surface area contributed by atoms with Crippen LogP contribution in [0.3, 0.4) is 0 Å². The number of esters is 1. The Balaban J connectivity index is 3.46. The van der Waals surface area contributed by atoms with Gasteiger partial charge in [0.25, 0.3) is 0 Å². The van der Waals surface area contributed by atoms with Crippen molar-refractivity contribution in [3.63, 3.8) is 0 Å². The van der Waals surface area contributed by atoms with Crippen LogP contribution in [-0.2, 0) is 9.53 Å². The van der Waals surface area contributed by atoms with Gasteiger partial charge >= 0.3 is 5.97 Å². The summed E-state index contributed by atoms with van der Waals surface area (Å²) >= 11 is 0. The molecule has 0 saturated heterocycles. The highest BCUT2D eigenvalue weighted by atomic mass is 16.6. The quantitative estimate of drug-likeness (QED) is 0.546. The van der Waals surface area contributed by atoms with Gasteiger partial charge in [0.1, 0.15) is 5.60 Å². The first kappa shape index (κ1) is 13.4. The summed E-state index contributed by atoms with van der Waals surface area (Å²) in [5.41, 5.74) is -0.378. The maximum absolute atomic E-state index is 11.2. The van der Waals surface area contributed by atoms with Crippen molar-refractivity contribution in [3.8, 4) is 0 Å². The van der Waals surface area contributed by atoms with Gasteiger partial charge in [-0.3, -0.25) is 4.79 Å². The standard InChI is InChI=1S/C11H23NO2/c1-9(2)6-7-12-8-10(13)14-11(3,4)5/h9,12H,6-8H2,1-5H3.